The molecule has 5 nitrogen and oxygen atoms in total. The zero-order valence-electron chi connectivity index (χ0n) is 11.1. The average molecular weight is 260 g/mol. The molecule has 0 saturated carbocycles. The van der Waals surface area contributed by atoms with Crippen molar-refractivity contribution in [3.05, 3.63) is 41.2 Å². The number of aromatic carboxylic acids is 1. The molecule has 19 heavy (non-hydrogen) atoms. The topological polar surface area (TPSA) is 77.5 Å². The molecule has 0 spiro atoms. The number of carboxylic acid groups (broad SMARTS) is 1. The van der Waals surface area contributed by atoms with Crippen LogP contribution in [-0.2, 0) is 0 Å². The number of aromatic nitrogens is 1. The van der Waals surface area contributed by atoms with Crippen molar-refractivity contribution in [2.45, 2.75) is 13.8 Å². The van der Waals surface area contributed by atoms with Crippen LogP contribution in [0, 0.1) is 13.8 Å². The van der Waals surface area contributed by atoms with E-state index in [2.05, 4.69) is 0 Å². The van der Waals surface area contributed by atoms with Crippen LogP contribution in [0.5, 0.6) is 5.75 Å². The minimum atomic E-state index is -1.04. The summed E-state index contributed by atoms with van der Waals surface area (Å²) in [6.45, 7) is 3.68. The van der Waals surface area contributed by atoms with Gasteiger partial charge in [0.2, 0.25) is 0 Å². The molecule has 1 aromatic carbocycles. The van der Waals surface area contributed by atoms with E-state index in [-0.39, 0.29) is 5.69 Å². The van der Waals surface area contributed by atoms with Crippen molar-refractivity contribution >= 4 is 5.97 Å². The van der Waals surface area contributed by atoms with E-state index >= 15 is 0 Å². The number of nitrogens with zero attached hydrogens (tertiary/aromatic N) is 1. The van der Waals surface area contributed by atoms with E-state index in [1.165, 1.54) is 0 Å². The van der Waals surface area contributed by atoms with E-state index in [4.69, 9.17) is 15.7 Å². The highest BCUT2D eigenvalue weighted by molar-refractivity contribution is 5.91. The van der Waals surface area contributed by atoms with Crippen LogP contribution in [0.2, 0.25) is 0 Å². The maximum absolute atomic E-state index is 11.2. The van der Waals surface area contributed by atoms with Gasteiger partial charge in [0.1, 0.15) is 5.75 Å². The molecule has 0 aliphatic carbocycles. The Morgan fingerprint density at radius 3 is 2.47 bits per heavy atom. The molecule has 0 radical (unpaired) electrons. The van der Waals surface area contributed by atoms with Gasteiger partial charge in [-0.2, -0.15) is 0 Å². The average Bonchev–Trinajstić information content (AvgIpc) is 2.65. The van der Waals surface area contributed by atoms with Crippen LogP contribution < -0.4 is 10.6 Å². The van der Waals surface area contributed by atoms with Crippen molar-refractivity contribution in [3.63, 3.8) is 0 Å². The fourth-order valence-corrected chi connectivity index (χ4v) is 2.29. The van der Waals surface area contributed by atoms with Crippen LogP contribution >= 0.6 is 0 Å². The highest BCUT2D eigenvalue weighted by Crippen LogP contribution is 2.33. The number of carboxylic acids is 1. The molecule has 1 heterocycles. The third kappa shape index (κ3) is 2.03. The highest BCUT2D eigenvalue weighted by atomic mass is 16.5. The maximum atomic E-state index is 11.2. The fraction of sp³-hybridized carbons (Fsp3) is 0.214. The minimum Gasteiger partial charge on any atom is -0.496 e. The SMILES string of the molecule is COc1cccc(-c2cn(N)c(C(=O)O)c2C)c1C. The summed E-state index contributed by atoms with van der Waals surface area (Å²) in [6.07, 6.45) is 1.63. The Labute approximate surface area is 111 Å². The molecule has 0 aliphatic rings. The Bertz CT molecular complexity index is 644. The lowest BCUT2D eigenvalue weighted by Gasteiger charge is -2.09. The molecule has 0 amide bonds. The molecule has 0 saturated heterocycles. The van der Waals surface area contributed by atoms with Crippen molar-refractivity contribution in [1.82, 2.24) is 4.68 Å². The second-order valence-electron chi connectivity index (χ2n) is 4.36. The van der Waals surface area contributed by atoms with Crippen molar-refractivity contribution in [2.24, 2.45) is 0 Å². The van der Waals surface area contributed by atoms with Gasteiger partial charge in [-0.25, -0.2) is 4.79 Å². The Balaban J connectivity index is 2.67. The third-order valence-corrected chi connectivity index (χ3v) is 3.28. The van der Waals surface area contributed by atoms with Crippen LogP contribution in [-0.4, -0.2) is 22.9 Å². The predicted octanol–water partition coefficient (Wildman–Crippen LogP) is 2.19. The first-order valence-electron chi connectivity index (χ1n) is 5.81. The summed E-state index contributed by atoms with van der Waals surface area (Å²) in [6, 6.07) is 5.66. The van der Waals surface area contributed by atoms with E-state index in [1.807, 2.05) is 25.1 Å². The molecule has 2 rings (SSSR count). The molecule has 0 fully saturated rings. The summed E-state index contributed by atoms with van der Waals surface area (Å²) in [5, 5.41) is 9.15. The molecule has 5 heteroatoms. The quantitative estimate of drug-likeness (QED) is 0.829. The summed E-state index contributed by atoms with van der Waals surface area (Å²) >= 11 is 0. The van der Waals surface area contributed by atoms with Crippen LogP contribution in [0.3, 0.4) is 0 Å². The number of hydrogen-bond acceptors (Lipinski definition) is 3. The number of ether oxygens (including phenoxy) is 1. The number of nitrogens with two attached hydrogens (primary N) is 1. The first-order chi connectivity index (χ1) is 8.97. The van der Waals surface area contributed by atoms with Crippen LogP contribution in [0.15, 0.2) is 24.4 Å². The molecule has 0 aliphatic heterocycles. The predicted molar refractivity (Wildman–Crippen MR) is 73.0 cm³/mol. The monoisotopic (exact) mass is 260 g/mol. The number of methoxy groups -OCH3 is 1. The molecule has 0 unspecified atom stereocenters. The molecule has 100 valence electrons. The van der Waals surface area contributed by atoms with Gasteiger partial charge < -0.3 is 15.7 Å². The Morgan fingerprint density at radius 1 is 1.26 bits per heavy atom. The van der Waals surface area contributed by atoms with E-state index in [0.29, 0.717) is 5.56 Å². The van der Waals surface area contributed by atoms with Gasteiger partial charge in [-0.3, -0.25) is 4.68 Å². The zero-order valence-corrected chi connectivity index (χ0v) is 11.1. The van der Waals surface area contributed by atoms with Crippen LogP contribution in [0.4, 0.5) is 0 Å². The van der Waals surface area contributed by atoms with Crippen molar-refractivity contribution in [2.75, 3.05) is 13.0 Å². The second-order valence-corrected chi connectivity index (χ2v) is 4.36. The van der Waals surface area contributed by atoms with Crippen molar-refractivity contribution < 1.29 is 14.6 Å². The first kappa shape index (κ1) is 13.0. The van der Waals surface area contributed by atoms with Gasteiger partial charge in [-0.15, -0.1) is 0 Å². The van der Waals surface area contributed by atoms with Crippen molar-refractivity contribution in [3.8, 4) is 16.9 Å². The van der Waals surface area contributed by atoms with E-state index < -0.39 is 5.97 Å². The smallest absolute Gasteiger partial charge is 0.354 e. The fourth-order valence-electron chi connectivity index (χ4n) is 2.29. The number of hydrogen-bond donors (Lipinski definition) is 2. The Hall–Kier alpha value is -2.43. The lowest BCUT2D eigenvalue weighted by atomic mass is 9.98. The minimum absolute atomic E-state index is 0.0946. The summed E-state index contributed by atoms with van der Waals surface area (Å²) in [5.41, 5.74) is 3.42. The first-order valence-corrected chi connectivity index (χ1v) is 5.81. The summed E-state index contributed by atoms with van der Waals surface area (Å²) in [5.74, 6) is 5.43. The van der Waals surface area contributed by atoms with Crippen molar-refractivity contribution in [1.29, 1.82) is 0 Å². The van der Waals surface area contributed by atoms with Gasteiger partial charge >= 0.3 is 5.97 Å². The largest absolute Gasteiger partial charge is 0.496 e. The van der Waals surface area contributed by atoms with Crippen LogP contribution in [0.1, 0.15) is 21.6 Å². The maximum Gasteiger partial charge on any atom is 0.354 e. The zero-order chi connectivity index (χ0) is 14.2. The van der Waals surface area contributed by atoms with E-state index in [9.17, 15) is 4.79 Å². The molecule has 3 N–H and O–H groups in total. The second kappa shape index (κ2) is 4.68. The molecule has 0 bridgehead atoms. The lowest BCUT2D eigenvalue weighted by molar-refractivity contribution is 0.0686. The Morgan fingerprint density at radius 2 is 1.95 bits per heavy atom. The van der Waals surface area contributed by atoms with Gasteiger partial charge in [0.25, 0.3) is 0 Å². The normalized spacial score (nSPS) is 10.5. The lowest BCUT2D eigenvalue weighted by Crippen LogP contribution is -2.15. The van der Waals surface area contributed by atoms with Gasteiger partial charge in [0, 0.05) is 11.8 Å². The highest BCUT2D eigenvalue weighted by Gasteiger charge is 2.19. The van der Waals surface area contributed by atoms with Gasteiger partial charge in [-0.1, -0.05) is 12.1 Å². The van der Waals surface area contributed by atoms with Gasteiger partial charge in [0.05, 0.1) is 7.11 Å². The Kier molecular flexibility index (Phi) is 3.21. The summed E-state index contributed by atoms with van der Waals surface area (Å²) in [4.78, 5) is 11.2. The van der Waals surface area contributed by atoms with Crippen LogP contribution in [0.25, 0.3) is 11.1 Å². The van der Waals surface area contributed by atoms with E-state index in [1.54, 1.807) is 20.2 Å². The molecule has 1 aromatic heterocycles. The van der Waals surface area contributed by atoms with Gasteiger partial charge in [0.15, 0.2) is 5.69 Å². The third-order valence-electron chi connectivity index (χ3n) is 3.28. The van der Waals surface area contributed by atoms with Gasteiger partial charge in [-0.05, 0) is 36.6 Å². The number of carbonyl (C=O) groups is 1. The standard InChI is InChI=1S/C14H16N2O3/c1-8-10(5-4-6-12(8)19-3)11-7-16(15)13(9(11)2)14(17)18/h4-7H,15H2,1-3H3,(H,17,18). The number of rotatable bonds is 3. The number of nitrogen functional groups attached to an aromatic ring is 1. The molecule has 0 atom stereocenters. The summed E-state index contributed by atoms with van der Waals surface area (Å²) < 4.78 is 6.42. The summed E-state index contributed by atoms with van der Waals surface area (Å²) in [7, 11) is 1.61. The number of benzene rings is 1. The molecular weight excluding hydrogens is 244 g/mol. The molecule has 2 aromatic rings. The van der Waals surface area contributed by atoms with E-state index in [0.717, 1.165) is 27.1 Å². The molecular formula is C14H16N2O3.